The summed E-state index contributed by atoms with van der Waals surface area (Å²) in [6, 6.07) is 0. The van der Waals surface area contributed by atoms with Gasteiger partial charge in [-0.3, -0.25) is 0 Å². The van der Waals surface area contributed by atoms with Gasteiger partial charge >= 0.3 is 12.3 Å². The van der Waals surface area contributed by atoms with Crippen molar-refractivity contribution in [1.82, 2.24) is 0 Å². The Hall–Kier alpha value is -0.490. The normalized spacial score (nSPS) is 16.1. The van der Waals surface area contributed by atoms with Crippen molar-refractivity contribution in [1.29, 1.82) is 0 Å². The molecule has 1 atom stereocenters. The summed E-state index contributed by atoms with van der Waals surface area (Å²) in [7, 11) is 0. The van der Waals surface area contributed by atoms with Gasteiger partial charge < -0.3 is 0 Å². The average molecular weight is 226 g/mol. The van der Waals surface area contributed by atoms with Crippen molar-refractivity contribution in [2.45, 2.75) is 44.2 Å². The summed E-state index contributed by atoms with van der Waals surface area (Å²) < 4.78 is 84.5. The Bertz CT molecular complexity index is 177. The number of rotatable bonds is 5. The first kappa shape index (κ1) is 13.5. The lowest BCUT2D eigenvalue weighted by atomic mass is 10.1. The number of hydrogen-bond donors (Lipinski definition) is 0. The maximum atomic E-state index is 12.4. The molecule has 0 aliphatic carbocycles. The van der Waals surface area contributed by atoms with Crippen molar-refractivity contribution >= 4 is 0 Å². The molecule has 0 N–H and O–H groups in total. The second-order valence-electron chi connectivity index (χ2n) is 2.86. The molecule has 0 bridgehead atoms. The maximum absolute atomic E-state index is 12.4. The van der Waals surface area contributed by atoms with Crippen molar-refractivity contribution in [2.24, 2.45) is 0 Å². The molecule has 0 fully saturated rings. The summed E-state index contributed by atoms with van der Waals surface area (Å²) in [5.74, 6) is -8.70. The monoisotopic (exact) mass is 226 g/mol. The van der Waals surface area contributed by atoms with E-state index in [-0.39, 0.29) is 0 Å². The zero-order valence-electron chi connectivity index (χ0n) is 7.21. The molecule has 0 saturated carbocycles. The van der Waals surface area contributed by atoms with Gasteiger partial charge in [0.1, 0.15) is 0 Å². The zero-order valence-corrected chi connectivity index (χ0v) is 7.21. The smallest absolute Gasteiger partial charge is 0.240 e. The summed E-state index contributed by atoms with van der Waals surface area (Å²) >= 11 is 0. The van der Waals surface area contributed by atoms with Crippen molar-refractivity contribution < 1.29 is 30.7 Å². The first-order valence-electron chi connectivity index (χ1n) is 3.81. The molecule has 0 amide bonds. The van der Waals surface area contributed by atoms with Crippen LogP contribution in [0.4, 0.5) is 30.7 Å². The van der Waals surface area contributed by atoms with E-state index in [1.165, 1.54) is 0 Å². The summed E-state index contributed by atoms with van der Waals surface area (Å²) in [5, 5.41) is 0. The average Bonchev–Trinajstić information content (AvgIpc) is 2.03. The van der Waals surface area contributed by atoms with Crippen LogP contribution in [0, 0.1) is 0 Å². The van der Waals surface area contributed by atoms with E-state index in [0.29, 0.717) is 0 Å². The van der Waals surface area contributed by atoms with Crippen LogP contribution in [-0.4, -0.2) is 24.4 Å². The second kappa shape index (κ2) is 4.35. The molecular formula is C7H9F7. The number of alkyl halides is 7. The van der Waals surface area contributed by atoms with E-state index >= 15 is 0 Å². The minimum Gasteiger partial charge on any atom is -0.240 e. The van der Waals surface area contributed by atoms with Crippen molar-refractivity contribution in [2.75, 3.05) is 0 Å². The Morgan fingerprint density at radius 1 is 1.00 bits per heavy atom. The summed E-state index contributed by atoms with van der Waals surface area (Å²) in [6.07, 6.45) is -10.6. The third-order valence-corrected chi connectivity index (χ3v) is 1.70. The maximum Gasteiger partial charge on any atom is 0.338 e. The van der Waals surface area contributed by atoms with Gasteiger partial charge in [-0.25, -0.2) is 22.0 Å². The molecule has 0 saturated heterocycles. The van der Waals surface area contributed by atoms with E-state index in [4.69, 9.17) is 0 Å². The third kappa shape index (κ3) is 3.34. The minimum absolute atomic E-state index is 0.868. The standard InChI is InChI=1S/C7H9F7/c1-2-6(11,12)3-4(8)7(13,14)5(9)10/h4-5H,2-3H2,1H3/t4-/m0/s1. The molecule has 0 radical (unpaired) electrons. The molecule has 0 aliphatic rings. The first-order chi connectivity index (χ1) is 6.13. The second-order valence-corrected chi connectivity index (χ2v) is 2.86. The van der Waals surface area contributed by atoms with E-state index in [1.807, 2.05) is 0 Å². The van der Waals surface area contributed by atoms with Crippen LogP contribution in [0.15, 0.2) is 0 Å². The van der Waals surface area contributed by atoms with Gasteiger partial charge in [0.2, 0.25) is 0 Å². The van der Waals surface area contributed by atoms with E-state index in [0.717, 1.165) is 6.92 Å². The van der Waals surface area contributed by atoms with Gasteiger partial charge in [-0.1, -0.05) is 6.92 Å². The Labute approximate surface area is 76.1 Å². The summed E-state index contributed by atoms with van der Waals surface area (Å²) in [4.78, 5) is 0. The number of halogens is 7. The summed E-state index contributed by atoms with van der Waals surface area (Å²) in [5.41, 5.74) is 0. The van der Waals surface area contributed by atoms with Gasteiger partial charge in [0.15, 0.2) is 6.17 Å². The predicted molar refractivity (Wildman–Crippen MR) is 35.7 cm³/mol. The number of hydrogen-bond acceptors (Lipinski definition) is 0. The fourth-order valence-corrected chi connectivity index (χ4v) is 0.679. The Morgan fingerprint density at radius 2 is 1.43 bits per heavy atom. The molecule has 0 aliphatic heterocycles. The van der Waals surface area contributed by atoms with Gasteiger partial charge in [-0.15, -0.1) is 0 Å². The lowest BCUT2D eigenvalue weighted by Gasteiger charge is -2.23. The van der Waals surface area contributed by atoms with E-state index < -0.39 is 37.3 Å². The zero-order chi connectivity index (χ0) is 11.6. The Morgan fingerprint density at radius 3 is 1.71 bits per heavy atom. The van der Waals surface area contributed by atoms with Crippen LogP contribution in [0.25, 0.3) is 0 Å². The Kier molecular flexibility index (Phi) is 4.20. The third-order valence-electron chi connectivity index (χ3n) is 1.70. The molecule has 0 rings (SSSR count). The van der Waals surface area contributed by atoms with Gasteiger partial charge in [0, 0.05) is 12.8 Å². The quantitative estimate of drug-likeness (QED) is 0.627. The molecule has 0 spiro atoms. The highest BCUT2D eigenvalue weighted by Crippen LogP contribution is 2.36. The van der Waals surface area contributed by atoms with Crippen LogP contribution in [0.5, 0.6) is 0 Å². The topological polar surface area (TPSA) is 0 Å². The minimum atomic E-state index is -5.02. The lowest BCUT2D eigenvalue weighted by molar-refractivity contribution is -0.187. The molecule has 7 heteroatoms. The molecule has 14 heavy (non-hydrogen) atoms. The highest BCUT2D eigenvalue weighted by Gasteiger charge is 2.52. The molecule has 0 aromatic rings. The van der Waals surface area contributed by atoms with Gasteiger partial charge in [0.05, 0.1) is 0 Å². The van der Waals surface area contributed by atoms with Gasteiger partial charge in [-0.2, -0.15) is 8.78 Å². The van der Waals surface area contributed by atoms with Crippen molar-refractivity contribution in [3.8, 4) is 0 Å². The van der Waals surface area contributed by atoms with E-state index in [9.17, 15) is 30.7 Å². The molecular weight excluding hydrogens is 217 g/mol. The molecule has 0 aromatic heterocycles. The fraction of sp³-hybridized carbons (Fsp3) is 1.00. The molecule has 0 aromatic carbocycles. The van der Waals surface area contributed by atoms with Crippen LogP contribution in [0.3, 0.4) is 0 Å². The highest BCUT2D eigenvalue weighted by molar-refractivity contribution is 4.83. The van der Waals surface area contributed by atoms with Crippen LogP contribution < -0.4 is 0 Å². The van der Waals surface area contributed by atoms with Gasteiger partial charge in [-0.05, 0) is 0 Å². The molecule has 0 nitrogen and oxygen atoms in total. The molecule has 86 valence electrons. The largest absolute Gasteiger partial charge is 0.338 e. The van der Waals surface area contributed by atoms with E-state index in [2.05, 4.69) is 0 Å². The first-order valence-corrected chi connectivity index (χ1v) is 3.81. The highest BCUT2D eigenvalue weighted by atomic mass is 19.3. The van der Waals surface area contributed by atoms with Crippen LogP contribution in [0.2, 0.25) is 0 Å². The van der Waals surface area contributed by atoms with Crippen LogP contribution in [0.1, 0.15) is 19.8 Å². The van der Waals surface area contributed by atoms with Crippen LogP contribution >= 0.6 is 0 Å². The molecule has 0 unspecified atom stereocenters. The summed E-state index contributed by atoms with van der Waals surface area (Å²) in [6.45, 7) is 0.952. The lowest BCUT2D eigenvalue weighted by Crippen LogP contribution is -2.40. The SMILES string of the molecule is CCC(F)(F)C[C@H](F)C(F)(F)C(F)F. The molecule has 0 heterocycles. The fourth-order valence-electron chi connectivity index (χ4n) is 0.679. The van der Waals surface area contributed by atoms with Crippen molar-refractivity contribution in [3.05, 3.63) is 0 Å². The van der Waals surface area contributed by atoms with Crippen LogP contribution in [-0.2, 0) is 0 Å². The van der Waals surface area contributed by atoms with Gasteiger partial charge in [0.25, 0.3) is 5.92 Å². The van der Waals surface area contributed by atoms with E-state index in [1.54, 1.807) is 0 Å². The predicted octanol–water partition coefficient (Wildman–Crippen LogP) is 3.66. The Balaban J connectivity index is 4.41. The van der Waals surface area contributed by atoms with Crippen molar-refractivity contribution in [3.63, 3.8) is 0 Å².